The first kappa shape index (κ1) is 19.3. The van der Waals surface area contributed by atoms with Crippen LogP contribution < -0.4 is 10.6 Å². The Balaban J connectivity index is 1.49. The summed E-state index contributed by atoms with van der Waals surface area (Å²) in [7, 11) is 0. The molecule has 8 heteroatoms. The van der Waals surface area contributed by atoms with E-state index in [1.807, 2.05) is 6.08 Å². The first-order chi connectivity index (χ1) is 14.1. The van der Waals surface area contributed by atoms with Crippen molar-refractivity contribution in [1.29, 1.82) is 0 Å². The molecule has 2 N–H and O–H groups in total. The lowest BCUT2D eigenvalue weighted by atomic mass is 9.85. The van der Waals surface area contributed by atoms with Gasteiger partial charge in [0.05, 0.1) is 6.20 Å². The second-order valence-corrected chi connectivity index (χ2v) is 7.40. The van der Waals surface area contributed by atoms with Crippen molar-refractivity contribution in [2.75, 3.05) is 26.2 Å². The molecule has 1 aromatic carbocycles. The number of nitrogens with zero attached hydrogens (tertiary/aromatic N) is 2. The van der Waals surface area contributed by atoms with Crippen LogP contribution >= 0.6 is 0 Å². The quantitative estimate of drug-likeness (QED) is 0.822. The first-order valence-electron chi connectivity index (χ1n) is 9.76. The van der Waals surface area contributed by atoms with Gasteiger partial charge in [-0.2, -0.15) is 0 Å². The summed E-state index contributed by atoms with van der Waals surface area (Å²) in [6.45, 7) is 2.30. The van der Waals surface area contributed by atoms with Crippen molar-refractivity contribution in [3.8, 4) is 0 Å². The SMILES string of the molecule is O=C(NC1(C(=O)N2CC=C(c3ccc(F)cc3)CC2)CCNCC1)c1ccno1. The molecular weight excluding hydrogens is 375 g/mol. The van der Waals surface area contributed by atoms with Gasteiger partial charge in [-0.3, -0.25) is 9.59 Å². The summed E-state index contributed by atoms with van der Waals surface area (Å²) >= 11 is 0. The van der Waals surface area contributed by atoms with Crippen LogP contribution in [0.4, 0.5) is 4.39 Å². The number of hydrogen-bond acceptors (Lipinski definition) is 5. The van der Waals surface area contributed by atoms with Crippen LogP contribution in [0.25, 0.3) is 5.57 Å². The maximum absolute atomic E-state index is 13.4. The van der Waals surface area contributed by atoms with Gasteiger partial charge >= 0.3 is 0 Å². The Morgan fingerprint density at radius 3 is 2.55 bits per heavy atom. The van der Waals surface area contributed by atoms with Gasteiger partial charge in [0, 0.05) is 19.2 Å². The summed E-state index contributed by atoms with van der Waals surface area (Å²) in [5.41, 5.74) is 1.10. The number of halogens is 1. The van der Waals surface area contributed by atoms with Crippen molar-refractivity contribution in [2.24, 2.45) is 0 Å². The zero-order valence-corrected chi connectivity index (χ0v) is 16.0. The monoisotopic (exact) mass is 398 g/mol. The Morgan fingerprint density at radius 2 is 1.93 bits per heavy atom. The van der Waals surface area contributed by atoms with E-state index in [4.69, 9.17) is 4.52 Å². The zero-order chi connectivity index (χ0) is 20.3. The van der Waals surface area contributed by atoms with Crippen molar-refractivity contribution < 1.29 is 18.5 Å². The van der Waals surface area contributed by atoms with E-state index in [9.17, 15) is 14.0 Å². The second kappa shape index (κ2) is 8.16. The highest BCUT2D eigenvalue weighted by molar-refractivity contribution is 5.97. The largest absolute Gasteiger partial charge is 0.351 e. The topological polar surface area (TPSA) is 87.5 Å². The number of benzene rings is 1. The summed E-state index contributed by atoms with van der Waals surface area (Å²) in [4.78, 5) is 27.8. The Hall–Kier alpha value is -3.00. The second-order valence-electron chi connectivity index (χ2n) is 7.40. The minimum absolute atomic E-state index is 0.0822. The van der Waals surface area contributed by atoms with Crippen molar-refractivity contribution in [1.82, 2.24) is 20.7 Å². The van der Waals surface area contributed by atoms with Crippen LogP contribution in [0.5, 0.6) is 0 Å². The molecule has 1 aromatic heterocycles. The summed E-state index contributed by atoms with van der Waals surface area (Å²) in [6, 6.07) is 7.87. The smallest absolute Gasteiger partial charge is 0.290 e. The van der Waals surface area contributed by atoms with Crippen LogP contribution in [0, 0.1) is 5.82 Å². The van der Waals surface area contributed by atoms with Crippen molar-refractivity contribution in [3.63, 3.8) is 0 Å². The van der Waals surface area contributed by atoms with Crippen LogP contribution in [-0.4, -0.2) is 53.6 Å². The molecular formula is C21H23FN4O3. The zero-order valence-electron chi connectivity index (χ0n) is 16.0. The number of aromatic nitrogens is 1. The Morgan fingerprint density at radius 1 is 1.17 bits per heavy atom. The molecule has 152 valence electrons. The number of carbonyl (C=O) groups is 2. The van der Waals surface area contributed by atoms with Gasteiger partial charge in [-0.1, -0.05) is 23.4 Å². The number of hydrogen-bond donors (Lipinski definition) is 2. The molecule has 0 radical (unpaired) electrons. The molecule has 1 saturated heterocycles. The highest BCUT2D eigenvalue weighted by Crippen LogP contribution is 2.27. The lowest BCUT2D eigenvalue weighted by Gasteiger charge is -2.41. The Bertz CT molecular complexity index is 903. The van der Waals surface area contributed by atoms with Crippen molar-refractivity contribution in [2.45, 2.75) is 24.8 Å². The van der Waals surface area contributed by atoms with Crippen molar-refractivity contribution >= 4 is 17.4 Å². The van der Waals surface area contributed by atoms with E-state index in [1.54, 1.807) is 17.0 Å². The summed E-state index contributed by atoms with van der Waals surface area (Å²) in [5.74, 6) is -0.691. The van der Waals surface area contributed by atoms with Gasteiger partial charge in [0.2, 0.25) is 11.7 Å². The van der Waals surface area contributed by atoms with Crippen LogP contribution in [0.2, 0.25) is 0 Å². The van der Waals surface area contributed by atoms with E-state index in [0.29, 0.717) is 45.4 Å². The highest BCUT2D eigenvalue weighted by Gasteiger charge is 2.44. The average Bonchev–Trinajstić information content (AvgIpc) is 3.30. The fraction of sp³-hybridized carbons (Fsp3) is 0.381. The molecule has 4 rings (SSSR count). The van der Waals surface area contributed by atoms with Crippen molar-refractivity contribution in [3.05, 3.63) is 59.7 Å². The minimum Gasteiger partial charge on any atom is -0.351 e. The summed E-state index contributed by atoms with van der Waals surface area (Å²) in [5, 5.41) is 9.71. The molecule has 0 unspecified atom stereocenters. The predicted molar refractivity (Wildman–Crippen MR) is 104 cm³/mol. The maximum Gasteiger partial charge on any atom is 0.290 e. The average molecular weight is 398 g/mol. The predicted octanol–water partition coefficient (Wildman–Crippen LogP) is 1.98. The fourth-order valence-electron chi connectivity index (χ4n) is 3.94. The van der Waals surface area contributed by atoms with E-state index in [1.165, 1.54) is 24.4 Å². The number of rotatable bonds is 4. The summed E-state index contributed by atoms with van der Waals surface area (Å²) in [6.07, 6.45) is 5.11. The van der Waals surface area contributed by atoms with Gasteiger partial charge < -0.3 is 20.1 Å². The minimum atomic E-state index is -0.962. The Kier molecular flexibility index (Phi) is 5.44. The molecule has 0 aliphatic carbocycles. The lowest BCUT2D eigenvalue weighted by molar-refractivity contribution is -0.138. The molecule has 1 fully saturated rings. The number of amides is 2. The number of carbonyl (C=O) groups excluding carboxylic acids is 2. The molecule has 29 heavy (non-hydrogen) atoms. The Labute approximate surface area is 167 Å². The van der Waals surface area contributed by atoms with E-state index in [2.05, 4.69) is 15.8 Å². The third kappa shape index (κ3) is 4.07. The van der Waals surface area contributed by atoms with Gasteiger partial charge in [-0.05, 0) is 55.6 Å². The van der Waals surface area contributed by atoms with Crippen LogP contribution in [0.15, 0.2) is 47.1 Å². The normalized spacial score (nSPS) is 18.8. The molecule has 2 aliphatic heterocycles. The molecule has 2 amide bonds. The number of piperidine rings is 1. The number of nitrogens with one attached hydrogen (secondary N) is 2. The molecule has 2 aromatic rings. The highest BCUT2D eigenvalue weighted by atomic mass is 19.1. The molecule has 0 bridgehead atoms. The van der Waals surface area contributed by atoms with Gasteiger partial charge in [0.25, 0.3) is 5.91 Å². The molecule has 7 nitrogen and oxygen atoms in total. The van der Waals surface area contributed by atoms with Gasteiger partial charge in [-0.15, -0.1) is 0 Å². The van der Waals surface area contributed by atoms with E-state index in [0.717, 1.165) is 11.1 Å². The molecule has 0 saturated carbocycles. The standard InChI is InChI=1S/C21H23FN4O3/c22-17-3-1-15(2-4-17)16-6-13-26(14-7-16)20(28)21(8-11-23-12-9-21)25-19(27)18-5-10-24-29-18/h1-6,10,23H,7-9,11-14H2,(H,25,27). The molecule has 0 spiro atoms. The molecule has 0 atom stereocenters. The molecule has 3 heterocycles. The van der Waals surface area contributed by atoms with E-state index < -0.39 is 11.4 Å². The van der Waals surface area contributed by atoms with Gasteiger partial charge in [0.1, 0.15) is 11.4 Å². The third-order valence-electron chi connectivity index (χ3n) is 5.59. The van der Waals surface area contributed by atoms with Gasteiger partial charge in [-0.25, -0.2) is 4.39 Å². The van der Waals surface area contributed by atoms with Gasteiger partial charge in [0.15, 0.2) is 0 Å². The first-order valence-corrected chi connectivity index (χ1v) is 9.76. The van der Waals surface area contributed by atoms with E-state index in [-0.39, 0.29) is 17.5 Å². The van der Waals surface area contributed by atoms with Crippen LogP contribution in [0.1, 0.15) is 35.4 Å². The van der Waals surface area contributed by atoms with Crippen LogP contribution in [-0.2, 0) is 4.79 Å². The third-order valence-corrected chi connectivity index (χ3v) is 5.59. The summed E-state index contributed by atoms with van der Waals surface area (Å²) < 4.78 is 18.1. The lowest BCUT2D eigenvalue weighted by Crippen LogP contribution is -2.63. The fourth-order valence-corrected chi connectivity index (χ4v) is 3.94. The van der Waals surface area contributed by atoms with E-state index >= 15 is 0 Å². The molecule has 2 aliphatic rings. The van der Waals surface area contributed by atoms with Crippen LogP contribution in [0.3, 0.4) is 0 Å². The maximum atomic E-state index is 13.4.